The second-order valence-corrected chi connectivity index (χ2v) is 3.44. The van der Waals surface area contributed by atoms with Crippen molar-refractivity contribution in [1.29, 1.82) is 0 Å². The summed E-state index contributed by atoms with van der Waals surface area (Å²) in [4.78, 5) is 10.5. The Morgan fingerprint density at radius 2 is 2.33 bits per heavy atom. The van der Waals surface area contributed by atoms with E-state index in [0.717, 1.165) is 0 Å². The second kappa shape index (κ2) is 4.45. The summed E-state index contributed by atoms with van der Waals surface area (Å²) in [5, 5.41) is 8.98. The fourth-order valence-electron chi connectivity index (χ4n) is 1.47. The molecule has 0 saturated heterocycles. The van der Waals surface area contributed by atoms with Crippen LogP contribution in [0.2, 0.25) is 0 Å². The quantitative estimate of drug-likeness (QED) is 0.642. The van der Waals surface area contributed by atoms with Crippen LogP contribution in [0.3, 0.4) is 0 Å². The molecule has 70 valence electrons. The van der Waals surface area contributed by atoms with Crippen LogP contribution in [0.5, 0.6) is 0 Å². The molecule has 0 bridgehead atoms. The van der Waals surface area contributed by atoms with E-state index in [4.69, 9.17) is 9.84 Å². The van der Waals surface area contributed by atoms with E-state index >= 15 is 0 Å². The molecular weight excluding hydrogens is 156 g/mol. The largest absolute Gasteiger partial charge is 0.465 e. The van der Waals surface area contributed by atoms with E-state index in [0.29, 0.717) is 12.5 Å². The van der Waals surface area contributed by atoms with Crippen LogP contribution < -0.4 is 0 Å². The highest BCUT2D eigenvalue weighted by Crippen LogP contribution is 2.33. The Bertz CT molecular complexity index is 152. The molecule has 1 rings (SSSR count). The molecule has 1 saturated carbocycles. The predicted molar refractivity (Wildman–Crippen MR) is 44.5 cm³/mol. The van der Waals surface area contributed by atoms with Gasteiger partial charge >= 0.3 is 5.97 Å². The highest BCUT2D eigenvalue weighted by atomic mass is 16.5. The summed E-state index contributed by atoms with van der Waals surface area (Å²) in [6.45, 7) is 1.92. The third kappa shape index (κ3) is 2.48. The predicted octanol–water partition coefficient (Wildman–Crippen LogP) is 0.958. The van der Waals surface area contributed by atoms with Crippen LogP contribution in [0.25, 0.3) is 0 Å². The van der Waals surface area contributed by atoms with Crippen LogP contribution in [-0.4, -0.2) is 24.3 Å². The SMILES string of the molecule is CC(=O)OCC(CO)C1CCC1. The molecule has 3 nitrogen and oxygen atoms in total. The van der Waals surface area contributed by atoms with Crippen molar-refractivity contribution in [3.05, 3.63) is 0 Å². The Labute approximate surface area is 72.7 Å². The number of hydrogen-bond donors (Lipinski definition) is 1. The van der Waals surface area contributed by atoms with Gasteiger partial charge < -0.3 is 9.84 Å². The Hall–Kier alpha value is -0.570. The molecule has 1 aliphatic carbocycles. The number of carbonyl (C=O) groups excluding carboxylic acids is 1. The fraction of sp³-hybridized carbons (Fsp3) is 0.889. The van der Waals surface area contributed by atoms with E-state index in [1.807, 2.05) is 0 Å². The third-order valence-corrected chi connectivity index (χ3v) is 2.55. The lowest BCUT2D eigenvalue weighted by Crippen LogP contribution is -2.29. The van der Waals surface area contributed by atoms with Crippen molar-refractivity contribution >= 4 is 5.97 Å². The number of esters is 1. The van der Waals surface area contributed by atoms with Crippen LogP contribution in [0, 0.1) is 11.8 Å². The monoisotopic (exact) mass is 172 g/mol. The number of rotatable bonds is 4. The van der Waals surface area contributed by atoms with Crippen molar-refractivity contribution in [3.8, 4) is 0 Å². The zero-order valence-corrected chi connectivity index (χ0v) is 7.45. The maximum Gasteiger partial charge on any atom is 0.302 e. The van der Waals surface area contributed by atoms with Gasteiger partial charge in [0.25, 0.3) is 0 Å². The summed E-state index contributed by atoms with van der Waals surface area (Å²) in [6, 6.07) is 0. The minimum absolute atomic E-state index is 0.137. The maximum atomic E-state index is 10.5. The molecule has 0 spiro atoms. The molecule has 1 aliphatic rings. The molecule has 0 heterocycles. The molecular formula is C9H16O3. The first-order valence-corrected chi connectivity index (χ1v) is 4.48. The molecule has 1 unspecified atom stereocenters. The van der Waals surface area contributed by atoms with Gasteiger partial charge in [0, 0.05) is 19.4 Å². The van der Waals surface area contributed by atoms with Gasteiger partial charge in [0.05, 0.1) is 6.61 Å². The van der Waals surface area contributed by atoms with Crippen molar-refractivity contribution in [2.75, 3.05) is 13.2 Å². The van der Waals surface area contributed by atoms with Gasteiger partial charge in [-0.1, -0.05) is 6.42 Å². The zero-order chi connectivity index (χ0) is 8.97. The van der Waals surface area contributed by atoms with Gasteiger partial charge in [-0.2, -0.15) is 0 Å². The third-order valence-electron chi connectivity index (χ3n) is 2.55. The van der Waals surface area contributed by atoms with Crippen LogP contribution in [0.1, 0.15) is 26.2 Å². The molecule has 1 atom stereocenters. The average molecular weight is 172 g/mol. The molecule has 3 heteroatoms. The standard InChI is InChI=1S/C9H16O3/c1-7(11)12-6-9(5-10)8-3-2-4-8/h8-10H,2-6H2,1H3. The van der Waals surface area contributed by atoms with E-state index in [2.05, 4.69) is 0 Å². The lowest BCUT2D eigenvalue weighted by atomic mass is 9.76. The molecule has 0 aromatic heterocycles. The van der Waals surface area contributed by atoms with Crippen molar-refractivity contribution in [2.45, 2.75) is 26.2 Å². The molecule has 0 amide bonds. The van der Waals surface area contributed by atoms with Gasteiger partial charge in [0.1, 0.15) is 0 Å². The molecule has 1 N–H and O–H groups in total. The highest BCUT2D eigenvalue weighted by Gasteiger charge is 2.27. The van der Waals surface area contributed by atoms with E-state index in [9.17, 15) is 4.79 Å². The van der Waals surface area contributed by atoms with Crippen molar-refractivity contribution in [1.82, 2.24) is 0 Å². The summed E-state index contributed by atoms with van der Waals surface area (Å²) in [6.07, 6.45) is 3.60. The first-order valence-electron chi connectivity index (χ1n) is 4.48. The number of carbonyl (C=O) groups is 1. The second-order valence-electron chi connectivity index (χ2n) is 3.44. The van der Waals surface area contributed by atoms with Crippen LogP contribution in [0.15, 0.2) is 0 Å². The molecule has 0 aliphatic heterocycles. The van der Waals surface area contributed by atoms with Gasteiger partial charge in [-0.25, -0.2) is 0 Å². The summed E-state index contributed by atoms with van der Waals surface area (Å²) >= 11 is 0. The highest BCUT2D eigenvalue weighted by molar-refractivity contribution is 5.65. The number of ether oxygens (including phenoxy) is 1. The van der Waals surface area contributed by atoms with Gasteiger partial charge in [0.2, 0.25) is 0 Å². The van der Waals surface area contributed by atoms with E-state index in [1.54, 1.807) is 0 Å². The van der Waals surface area contributed by atoms with E-state index in [1.165, 1.54) is 26.2 Å². The van der Waals surface area contributed by atoms with Crippen LogP contribution in [0.4, 0.5) is 0 Å². The Balaban J connectivity index is 2.20. The van der Waals surface area contributed by atoms with E-state index in [-0.39, 0.29) is 18.5 Å². The van der Waals surface area contributed by atoms with Crippen molar-refractivity contribution in [2.24, 2.45) is 11.8 Å². The van der Waals surface area contributed by atoms with Crippen LogP contribution in [-0.2, 0) is 9.53 Å². The van der Waals surface area contributed by atoms with E-state index < -0.39 is 0 Å². The first-order chi connectivity index (χ1) is 5.74. The van der Waals surface area contributed by atoms with Crippen LogP contribution >= 0.6 is 0 Å². The molecule has 0 aromatic carbocycles. The average Bonchev–Trinajstić information content (AvgIpc) is 1.93. The molecule has 1 fully saturated rings. The molecule has 0 aromatic rings. The maximum absolute atomic E-state index is 10.5. The summed E-state index contributed by atoms with van der Waals surface area (Å²) < 4.78 is 4.85. The molecule has 12 heavy (non-hydrogen) atoms. The first kappa shape index (κ1) is 9.52. The normalized spacial score (nSPS) is 19.8. The fourth-order valence-corrected chi connectivity index (χ4v) is 1.47. The van der Waals surface area contributed by atoms with Crippen molar-refractivity contribution in [3.63, 3.8) is 0 Å². The Kier molecular flexibility index (Phi) is 3.53. The number of hydrogen-bond acceptors (Lipinski definition) is 3. The lowest BCUT2D eigenvalue weighted by Gasteiger charge is -2.32. The minimum Gasteiger partial charge on any atom is -0.465 e. The Morgan fingerprint density at radius 3 is 2.67 bits per heavy atom. The van der Waals surface area contributed by atoms with Gasteiger partial charge in [-0.15, -0.1) is 0 Å². The topological polar surface area (TPSA) is 46.5 Å². The Morgan fingerprint density at radius 1 is 1.67 bits per heavy atom. The summed E-state index contributed by atoms with van der Waals surface area (Å²) in [7, 11) is 0. The smallest absolute Gasteiger partial charge is 0.302 e. The summed E-state index contributed by atoms with van der Waals surface area (Å²) in [5.74, 6) is 0.491. The summed E-state index contributed by atoms with van der Waals surface area (Å²) in [5.41, 5.74) is 0. The minimum atomic E-state index is -0.257. The van der Waals surface area contributed by atoms with Gasteiger partial charge in [-0.05, 0) is 18.8 Å². The zero-order valence-electron chi connectivity index (χ0n) is 7.45. The number of aliphatic hydroxyl groups excluding tert-OH is 1. The number of aliphatic hydroxyl groups is 1. The van der Waals surface area contributed by atoms with Gasteiger partial charge in [0.15, 0.2) is 0 Å². The van der Waals surface area contributed by atoms with Crippen molar-refractivity contribution < 1.29 is 14.6 Å². The van der Waals surface area contributed by atoms with Gasteiger partial charge in [-0.3, -0.25) is 4.79 Å². The molecule has 0 radical (unpaired) electrons. The lowest BCUT2D eigenvalue weighted by molar-refractivity contribution is -0.143.